The number of carbonyl (C=O) groups excluding carboxylic acids is 1. The van der Waals surface area contributed by atoms with E-state index in [2.05, 4.69) is 4.98 Å². The van der Waals surface area contributed by atoms with Crippen molar-refractivity contribution < 1.29 is 9.90 Å². The minimum absolute atomic E-state index is 0.173. The number of aliphatic hydroxyl groups is 1. The molecule has 28 heavy (non-hydrogen) atoms. The molecule has 0 aliphatic heterocycles. The van der Waals surface area contributed by atoms with Crippen LogP contribution in [0, 0.1) is 38.1 Å². The number of carbonyl (C=O) groups is 1. The van der Waals surface area contributed by atoms with Gasteiger partial charge in [-0.15, -0.1) is 0 Å². The predicted octanol–water partition coefficient (Wildman–Crippen LogP) is 5.28. The van der Waals surface area contributed by atoms with E-state index in [1.165, 1.54) is 0 Å². The largest absolute Gasteiger partial charge is 0.381 e. The summed E-state index contributed by atoms with van der Waals surface area (Å²) in [4.78, 5) is 16.6. The lowest BCUT2D eigenvalue weighted by Crippen LogP contribution is -2.48. The van der Waals surface area contributed by atoms with Gasteiger partial charge in [0.25, 0.3) is 0 Å². The molecule has 1 aliphatic carbocycles. The first-order valence-electron chi connectivity index (χ1n) is 8.88. The molecule has 0 radical (unpaired) electrons. The van der Waals surface area contributed by atoms with Crippen LogP contribution >= 0.6 is 23.5 Å². The number of H-pyrrole nitrogens is 1. The molecule has 1 aliphatic rings. The summed E-state index contributed by atoms with van der Waals surface area (Å²) in [6, 6.07) is 0. The van der Waals surface area contributed by atoms with Gasteiger partial charge in [-0.2, -0.15) is 10.5 Å². The number of hydrogen-bond donors (Lipinski definition) is 2. The molecule has 148 valence electrons. The van der Waals surface area contributed by atoms with Crippen LogP contribution in [0.1, 0.15) is 51.9 Å². The molecule has 2 unspecified atom stereocenters. The molecule has 0 amide bonds. The number of nitrogens with zero attached hydrogens (tertiary/aromatic N) is 2. The molecule has 7 heteroatoms. The third-order valence-electron chi connectivity index (χ3n) is 4.92. The van der Waals surface area contributed by atoms with Crippen molar-refractivity contribution in [1.29, 1.82) is 10.5 Å². The summed E-state index contributed by atoms with van der Waals surface area (Å²) in [5, 5.41) is 33.9. The SMILES string of the molecule is CC(C)(C)C1=CC(C(=O)c2c[nH]c(SC#N)c2SC#N)C=CC1(O)C(C)(C)C. The van der Waals surface area contributed by atoms with E-state index in [1.807, 2.05) is 58.4 Å². The number of allylic oxidation sites excluding steroid dienone is 2. The number of hydrogen-bond acceptors (Lipinski definition) is 6. The van der Waals surface area contributed by atoms with E-state index in [4.69, 9.17) is 10.5 Å². The van der Waals surface area contributed by atoms with Crippen molar-refractivity contribution in [2.75, 3.05) is 0 Å². The number of thiocyanates is 2. The standard InChI is InChI=1S/C21H25N3O2S2/c1-19(2,3)15-9-13(7-8-21(15,26)20(4,5)6)16(25)14-10-24-18(28-12-23)17(14)27-11-22/h7-10,13,24,26H,1-6H3. The quantitative estimate of drug-likeness (QED) is 0.300. The number of nitrogens with one attached hydrogen (secondary N) is 1. The van der Waals surface area contributed by atoms with Crippen molar-refractivity contribution >= 4 is 29.3 Å². The molecule has 0 bridgehead atoms. The number of nitriles is 2. The average Bonchev–Trinajstić information content (AvgIpc) is 2.96. The van der Waals surface area contributed by atoms with E-state index in [1.54, 1.807) is 18.3 Å². The van der Waals surface area contributed by atoms with Gasteiger partial charge in [0.15, 0.2) is 5.78 Å². The van der Waals surface area contributed by atoms with E-state index in [9.17, 15) is 9.90 Å². The van der Waals surface area contributed by atoms with Gasteiger partial charge in [-0.25, -0.2) is 0 Å². The van der Waals surface area contributed by atoms with Gasteiger partial charge in [-0.05, 0) is 28.2 Å². The molecule has 1 aromatic rings. The molecular weight excluding hydrogens is 390 g/mol. The second kappa shape index (κ2) is 7.83. The van der Waals surface area contributed by atoms with E-state index < -0.39 is 16.9 Å². The van der Waals surface area contributed by atoms with Gasteiger partial charge in [0.2, 0.25) is 0 Å². The number of ketones is 1. The summed E-state index contributed by atoms with van der Waals surface area (Å²) in [7, 11) is 0. The van der Waals surface area contributed by atoms with Gasteiger partial charge in [-0.3, -0.25) is 4.79 Å². The summed E-state index contributed by atoms with van der Waals surface area (Å²) in [6.45, 7) is 12.0. The van der Waals surface area contributed by atoms with E-state index in [0.29, 0.717) is 15.5 Å². The zero-order valence-corrected chi connectivity index (χ0v) is 18.6. The Morgan fingerprint density at radius 1 is 1.18 bits per heavy atom. The highest BCUT2D eigenvalue weighted by molar-refractivity contribution is 8.06. The molecule has 0 spiro atoms. The molecule has 0 fully saturated rings. The van der Waals surface area contributed by atoms with Gasteiger partial charge in [0.1, 0.15) is 21.4 Å². The fraction of sp³-hybridized carbons (Fsp3) is 0.476. The molecule has 1 heterocycles. The Kier molecular flexibility index (Phi) is 6.25. The van der Waals surface area contributed by atoms with E-state index in [-0.39, 0.29) is 11.2 Å². The lowest BCUT2D eigenvalue weighted by atomic mass is 9.62. The van der Waals surface area contributed by atoms with Crippen molar-refractivity contribution in [3.63, 3.8) is 0 Å². The number of aromatic nitrogens is 1. The molecule has 1 aromatic heterocycles. The third kappa shape index (κ3) is 4.07. The normalized spacial score (nSPS) is 22.3. The highest BCUT2D eigenvalue weighted by Gasteiger charge is 2.47. The van der Waals surface area contributed by atoms with Gasteiger partial charge in [0.05, 0.1) is 16.4 Å². The number of aromatic amines is 1. The summed E-state index contributed by atoms with van der Waals surface area (Å²) >= 11 is 1.75. The summed E-state index contributed by atoms with van der Waals surface area (Å²) in [5.41, 5.74) is -0.764. The maximum absolute atomic E-state index is 13.2. The van der Waals surface area contributed by atoms with Gasteiger partial charge in [-0.1, -0.05) is 59.8 Å². The Morgan fingerprint density at radius 3 is 2.29 bits per heavy atom. The fourth-order valence-electron chi connectivity index (χ4n) is 3.36. The number of Topliss-reactive ketones (excluding diaryl/α,β-unsaturated/α-hetero) is 1. The third-order valence-corrected chi connectivity index (χ3v) is 6.38. The zero-order valence-electron chi connectivity index (χ0n) is 17.0. The van der Waals surface area contributed by atoms with Crippen LogP contribution in [-0.4, -0.2) is 21.5 Å². The van der Waals surface area contributed by atoms with Crippen LogP contribution in [0.5, 0.6) is 0 Å². The first kappa shape index (κ1) is 22.4. The van der Waals surface area contributed by atoms with E-state index in [0.717, 1.165) is 29.1 Å². The van der Waals surface area contributed by atoms with Crippen molar-refractivity contribution in [3.8, 4) is 10.8 Å². The minimum Gasteiger partial charge on any atom is -0.381 e. The lowest BCUT2D eigenvalue weighted by molar-refractivity contribution is 0.00278. The fourth-order valence-corrected chi connectivity index (χ4v) is 4.53. The molecule has 2 atom stereocenters. The van der Waals surface area contributed by atoms with Crippen LogP contribution in [-0.2, 0) is 0 Å². The van der Waals surface area contributed by atoms with Crippen LogP contribution in [0.4, 0.5) is 0 Å². The minimum atomic E-state index is -1.16. The van der Waals surface area contributed by atoms with Crippen LogP contribution in [0.3, 0.4) is 0 Å². The molecular formula is C21H25N3O2S2. The Balaban J connectivity index is 2.52. The molecule has 0 aromatic carbocycles. The Labute approximate surface area is 174 Å². The molecule has 0 saturated carbocycles. The van der Waals surface area contributed by atoms with Gasteiger partial charge < -0.3 is 10.1 Å². The summed E-state index contributed by atoms with van der Waals surface area (Å²) < 4.78 is 0. The van der Waals surface area contributed by atoms with Gasteiger partial charge >= 0.3 is 0 Å². The smallest absolute Gasteiger partial charge is 0.176 e. The molecule has 5 nitrogen and oxygen atoms in total. The Hall–Kier alpha value is -1.93. The molecule has 0 saturated heterocycles. The number of thioether (sulfide) groups is 2. The summed E-state index contributed by atoms with van der Waals surface area (Å²) in [6.07, 6.45) is 6.85. The highest BCUT2D eigenvalue weighted by Crippen LogP contribution is 2.48. The number of rotatable bonds is 4. The Morgan fingerprint density at radius 2 is 1.79 bits per heavy atom. The van der Waals surface area contributed by atoms with Gasteiger partial charge in [0, 0.05) is 18.0 Å². The van der Waals surface area contributed by atoms with Crippen LogP contribution in [0.25, 0.3) is 0 Å². The van der Waals surface area contributed by atoms with Crippen LogP contribution in [0.2, 0.25) is 0 Å². The second-order valence-electron chi connectivity index (χ2n) is 8.84. The Bertz CT molecular complexity index is 917. The van der Waals surface area contributed by atoms with Crippen molar-refractivity contribution in [2.24, 2.45) is 16.7 Å². The van der Waals surface area contributed by atoms with Crippen LogP contribution < -0.4 is 0 Å². The van der Waals surface area contributed by atoms with E-state index >= 15 is 0 Å². The molecule has 2 N–H and O–H groups in total. The lowest BCUT2D eigenvalue weighted by Gasteiger charge is -2.47. The maximum atomic E-state index is 13.2. The summed E-state index contributed by atoms with van der Waals surface area (Å²) in [5.74, 6) is -0.724. The monoisotopic (exact) mass is 415 g/mol. The average molecular weight is 416 g/mol. The highest BCUT2D eigenvalue weighted by atomic mass is 32.2. The first-order chi connectivity index (χ1) is 12.9. The maximum Gasteiger partial charge on any atom is 0.176 e. The van der Waals surface area contributed by atoms with Crippen molar-refractivity contribution in [2.45, 2.75) is 57.1 Å². The van der Waals surface area contributed by atoms with Crippen LogP contribution in [0.15, 0.2) is 39.9 Å². The zero-order chi connectivity index (χ0) is 21.3. The first-order valence-corrected chi connectivity index (χ1v) is 10.5. The molecule has 2 rings (SSSR count). The van der Waals surface area contributed by atoms with Crippen molar-refractivity contribution in [1.82, 2.24) is 4.98 Å². The van der Waals surface area contributed by atoms with Crippen molar-refractivity contribution in [3.05, 3.63) is 35.6 Å². The second-order valence-corrected chi connectivity index (χ2v) is 10.4. The topological polar surface area (TPSA) is 101 Å². The predicted molar refractivity (Wildman–Crippen MR) is 113 cm³/mol.